The number of nitrogens with one attached hydrogen (secondary N) is 1. The third-order valence-corrected chi connectivity index (χ3v) is 3.52. The first-order valence-corrected chi connectivity index (χ1v) is 7.63. The summed E-state index contributed by atoms with van der Waals surface area (Å²) in [6.07, 6.45) is 8.01. The summed E-state index contributed by atoms with van der Waals surface area (Å²) in [5, 5.41) is 0. The van der Waals surface area contributed by atoms with Crippen LogP contribution in [0.4, 0.5) is 0 Å². The fourth-order valence-electron chi connectivity index (χ4n) is 1.79. The zero-order valence-corrected chi connectivity index (χ0v) is 11.0. The van der Waals surface area contributed by atoms with Crippen molar-refractivity contribution in [2.24, 2.45) is 4.99 Å². The number of nitrogens with zero attached hydrogens (tertiary/aromatic N) is 1. The van der Waals surface area contributed by atoms with Gasteiger partial charge in [0.25, 0.3) is 0 Å². The lowest BCUT2D eigenvalue weighted by atomic mass is 10.2. The molecular formula is C11H20N2O3S. The van der Waals surface area contributed by atoms with Gasteiger partial charge in [0.2, 0.25) is 5.84 Å². The van der Waals surface area contributed by atoms with Crippen LogP contribution in [-0.2, 0) is 10.1 Å². The number of unbranched alkanes of at least 4 members (excludes halogenated alkanes) is 2. The standard InChI is InChI=1S/C11H20N2O3S/c1-2-3-8-13-9-7-12-11(13)6-4-5-10-17(14,15)16/h7,9H,2-6,8,10H2,1H3,(H,14,15,16). The molecule has 1 N–H and O–H groups in total. The molecule has 1 unspecified atom stereocenters. The van der Waals surface area contributed by atoms with E-state index in [0.29, 0.717) is 12.8 Å². The molecule has 1 aliphatic heterocycles. The quantitative estimate of drug-likeness (QED) is 0.503. The van der Waals surface area contributed by atoms with Gasteiger partial charge in [0.1, 0.15) is 6.20 Å². The van der Waals surface area contributed by atoms with Gasteiger partial charge in [0.05, 0.1) is 22.9 Å². The number of rotatable bonds is 8. The number of amidine groups is 1. The molecule has 1 atom stereocenters. The maximum atomic E-state index is 10.4. The molecule has 5 nitrogen and oxygen atoms in total. The topological polar surface area (TPSA) is 74.0 Å². The second-order valence-electron chi connectivity index (χ2n) is 4.24. The Morgan fingerprint density at radius 2 is 2.12 bits per heavy atom. The molecule has 0 aromatic rings. The summed E-state index contributed by atoms with van der Waals surface area (Å²) in [7, 11) is -4.06. The lowest BCUT2D eigenvalue weighted by Gasteiger charge is -2.12. The molecule has 0 spiro atoms. The Hall–Kier alpha value is -0.720. The van der Waals surface area contributed by atoms with Gasteiger partial charge < -0.3 is 4.55 Å². The molecule has 0 aliphatic carbocycles. The van der Waals surface area contributed by atoms with Crippen LogP contribution in [0, 0.1) is 0 Å². The molecule has 0 bridgehead atoms. The molecule has 0 aromatic heterocycles. The second kappa shape index (κ2) is 6.88. The SMILES string of the molecule is CCCC[NH+]1C=CN=C1CCCCS(=O)(=O)[O-]. The Balaban J connectivity index is 2.23. The van der Waals surface area contributed by atoms with Crippen LogP contribution in [0.3, 0.4) is 0 Å². The molecule has 0 fully saturated rings. The molecule has 0 radical (unpaired) electrons. The Labute approximate surface area is 103 Å². The summed E-state index contributed by atoms with van der Waals surface area (Å²) in [5.74, 6) is 0.791. The highest BCUT2D eigenvalue weighted by Gasteiger charge is 2.17. The minimum atomic E-state index is -4.06. The van der Waals surface area contributed by atoms with Crippen molar-refractivity contribution in [2.45, 2.75) is 39.0 Å². The molecule has 1 rings (SSSR count). The van der Waals surface area contributed by atoms with Crippen molar-refractivity contribution >= 4 is 16.0 Å². The van der Waals surface area contributed by atoms with Gasteiger partial charge >= 0.3 is 0 Å². The van der Waals surface area contributed by atoms with Gasteiger partial charge in [-0.2, -0.15) is 0 Å². The molecule has 0 aromatic carbocycles. The number of hydrogen-bond donors (Lipinski definition) is 1. The van der Waals surface area contributed by atoms with Crippen molar-refractivity contribution in [1.82, 2.24) is 0 Å². The van der Waals surface area contributed by atoms with E-state index >= 15 is 0 Å². The summed E-state index contributed by atoms with van der Waals surface area (Å²) in [4.78, 5) is 5.54. The van der Waals surface area contributed by atoms with Crippen LogP contribution < -0.4 is 4.90 Å². The lowest BCUT2D eigenvalue weighted by molar-refractivity contribution is -0.746. The third kappa shape index (κ3) is 5.95. The summed E-state index contributed by atoms with van der Waals surface area (Å²) in [6, 6.07) is 0. The zero-order valence-electron chi connectivity index (χ0n) is 10.2. The van der Waals surface area contributed by atoms with Gasteiger partial charge in [-0.25, -0.2) is 13.4 Å². The van der Waals surface area contributed by atoms with Crippen LogP contribution in [0.1, 0.15) is 39.0 Å². The Kier molecular flexibility index (Phi) is 5.80. The average Bonchev–Trinajstić information content (AvgIpc) is 2.67. The van der Waals surface area contributed by atoms with Crippen molar-refractivity contribution in [1.29, 1.82) is 0 Å². The minimum Gasteiger partial charge on any atom is -0.748 e. The van der Waals surface area contributed by atoms with Crippen LogP contribution in [0.25, 0.3) is 0 Å². The molecule has 1 aliphatic rings. The van der Waals surface area contributed by atoms with E-state index in [9.17, 15) is 13.0 Å². The van der Waals surface area contributed by atoms with Crippen molar-refractivity contribution < 1.29 is 17.9 Å². The molecule has 98 valence electrons. The van der Waals surface area contributed by atoms with Crippen LogP contribution in [0.5, 0.6) is 0 Å². The first kappa shape index (κ1) is 14.3. The summed E-state index contributed by atoms with van der Waals surface area (Å²) in [6.45, 7) is 3.18. The minimum absolute atomic E-state index is 0.266. The highest BCUT2D eigenvalue weighted by molar-refractivity contribution is 7.85. The normalized spacial score (nSPS) is 19.6. The monoisotopic (exact) mass is 260 g/mol. The van der Waals surface area contributed by atoms with Crippen LogP contribution >= 0.6 is 0 Å². The molecule has 0 saturated heterocycles. The largest absolute Gasteiger partial charge is 0.748 e. The first-order valence-electron chi connectivity index (χ1n) is 6.06. The van der Waals surface area contributed by atoms with Gasteiger partial charge in [-0.3, -0.25) is 4.90 Å². The predicted octanol–water partition coefficient (Wildman–Crippen LogP) is 0.270. The van der Waals surface area contributed by atoms with E-state index in [2.05, 4.69) is 11.9 Å². The maximum absolute atomic E-state index is 10.4. The zero-order chi connectivity index (χ0) is 12.7. The summed E-state index contributed by atoms with van der Waals surface area (Å²) >= 11 is 0. The molecule has 1 heterocycles. The van der Waals surface area contributed by atoms with Gasteiger partial charge in [0.15, 0.2) is 0 Å². The Bertz CT molecular complexity index is 388. The molecular weight excluding hydrogens is 240 g/mol. The molecule has 17 heavy (non-hydrogen) atoms. The smallest absolute Gasteiger partial charge is 0.205 e. The number of aliphatic imine (C=N–C) groups is 1. The van der Waals surface area contributed by atoms with E-state index in [4.69, 9.17) is 0 Å². The molecule has 0 saturated carbocycles. The fourth-order valence-corrected chi connectivity index (χ4v) is 2.35. The summed E-state index contributed by atoms with van der Waals surface area (Å²) in [5.41, 5.74) is 0. The van der Waals surface area contributed by atoms with E-state index in [1.54, 1.807) is 6.20 Å². The highest BCUT2D eigenvalue weighted by Crippen LogP contribution is 2.00. The van der Waals surface area contributed by atoms with Crippen molar-refractivity contribution in [3.05, 3.63) is 12.4 Å². The number of hydrogen-bond acceptors (Lipinski definition) is 4. The molecule has 0 amide bonds. The van der Waals surface area contributed by atoms with Crippen LogP contribution in [-0.4, -0.2) is 31.1 Å². The fraction of sp³-hybridized carbons (Fsp3) is 0.727. The van der Waals surface area contributed by atoms with E-state index in [1.807, 2.05) is 6.20 Å². The van der Waals surface area contributed by atoms with Gasteiger partial charge in [-0.15, -0.1) is 0 Å². The van der Waals surface area contributed by atoms with E-state index in [-0.39, 0.29) is 5.75 Å². The first-order chi connectivity index (χ1) is 8.03. The van der Waals surface area contributed by atoms with E-state index in [1.165, 1.54) is 4.90 Å². The number of quaternary nitrogens is 1. The van der Waals surface area contributed by atoms with Gasteiger partial charge in [-0.1, -0.05) is 13.3 Å². The van der Waals surface area contributed by atoms with Crippen molar-refractivity contribution in [2.75, 3.05) is 12.3 Å². The Morgan fingerprint density at radius 3 is 2.76 bits per heavy atom. The molecule has 6 heteroatoms. The highest BCUT2D eigenvalue weighted by atomic mass is 32.2. The second-order valence-corrected chi connectivity index (χ2v) is 5.76. The van der Waals surface area contributed by atoms with Crippen molar-refractivity contribution in [3.63, 3.8) is 0 Å². The average molecular weight is 260 g/mol. The van der Waals surface area contributed by atoms with Crippen LogP contribution in [0.15, 0.2) is 17.4 Å². The Morgan fingerprint density at radius 1 is 1.35 bits per heavy atom. The van der Waals surface area contributed by atoms with E-state index in [0.717, 1.165) is 31.6 Å². The lowest BCUT2D eigenvalue weighted by Crippen LogP contribution is -3.09. The van der Waals surface area contributed by atoms with E-state index < -0.39 is 10.1 Å². The van der Waals surface area contributed by atoms with Gasteiger partial charge in [-0.05, 0) is 19.3 Å². The predicted molar refractivity (Wildman–Crippen MR) is 65.7 cm³/mol. The van der Waals surface area contributed by atoms with Crippen LogP contribution in [0.2, 0.25) is 0 Å². The summed E-state index contributed by atoms with van der Waals surface area (Å²) < 4.78 is 31.3. The van der Waals surface area contributed by atoms with Crippen molar-refractivity contribution in [3.8, 4) is 0 Å². The van der Waals surface area contributed by atoms with Gasteiger partial charge in [0, 0.05) is 12.2 Å². The third-order valence-electron chi connectivity index (χ3n) is 2.73. The maximum Gasteiger partial charge on any atom is 0.205 e.